The van der Waals surface area contributed by atoms with Crippen LogP contribution in [0.4, 0.5) is 0 Å². The molecule has 166 valence electrons. The Hall–Kier alpha value is -4.52. The summed E-state index contributed by atoms with van der Waals surface area (Å²) in [6.07, 6.45) is 5.13. The molecule has 4 aromatic heterocycles. The van der Waals surface area contributed by atoms with Crippen LogP contribution in [0.1, 0.15) is 25.3 Å². The Morgan fingerprint density at radius 2 is 1.62 bits per heavy atom. The van der Waals surface area contributed by atoms with E-state index in [0.29, 0.717) is 23.1 Å². The molecule has 0 unspecified atom stereocenters. The Morgan fingerprint density at radius 1 is 0.824 bits per heavy atom. The number of para-hydroxylation sites is 2. The minimum absolute atomic E-state index is 0.125. The molecule has 0 saturated carbocycles. The standard InChI is InChI=1S/C27H21N5O2/c1-16(2)20-14-24(31-26-18(20)8-5-10-23(26)33)34-17-13-22-25(30-15-17)19-7-3-4-9-21(19)32(22)27-28-11-6-12-29-27/h3-16,33H,1-2H3. The van der Waals surface area contributed by atoms with Crippen molar-refractivity contribution in [1.29, 1.82) is 0 Å². The van der Waals surface area contributed by atoms with Crippen LogP contribution in [0.25, 0.3) is 38.8 Å². The molecule has 0 fully saturated rings. The van der Waals surface area contributed by atoms with Gasteiger partial charge in [-0.3, -0.25) is 9.55 Å². The molecule has 1 N–H and O–H groups in total. The predicted molar refractivity (Wildman–Crippen MR) is 132 cm³/mol. The number of nitrogens with zero attached hydrogens (tertiary/aromatic N) is 5. The predicted octanol–water partition coefficient (Wildman–Crippen LogP) is 6.14. The van der Waals surface area contributed by atoms with Gasteiger partial charge in [-0.25, -0.2) is 15.0 Å². The highest BCUT2D eigenvalue weighted by Gasteiger charge is 2.17. The topological polar surface area (TPSA) is 86.0 Å². The molecule has 0 aliphatic rings. The molecule has 7 heteroatoms. The number of hydrogen-bond acceptors (Lipinski definition) is 6. The van der Waals surface area contributed by atoms with Crippen LogP contribution in [-0.4, -0.2) is 29.6 Å². The average Bonchev–Trinajstić information content (AvgIpc) is 3.18. The summed E-state index contributed by atoms with van der Waals surface area (Å²) in [7, 11) is 0. The van der Waals surface area contributed by atoms with Gasteiger partial charge in [0.05, 0.1) is 22.7 Å². The number of aromatic hydroxyl groups is 1. The second kappa shape index (κ2) is 7.81. The molecule has 6 rings (SSSR count). The summed E-state index contributed by atoms with van der Waals surface area (Å²) in [5.74, 6) is 1.85. The minimum atomic E-state index is 0.125. The van der Waals surface area contributed by atoms with E-state index in [1.807, 2.05) is 53.1 Å². The largest absolute Gasteiger partial charge is 0.506 e. The van der Waals surface area contributed by atoms with E-state index in [2.05, 4.69) is 28.8 Å². The van der Waals surface area contributed by atoms with E-state index in [0.717, 1.165) is 32.9 Å². The first-order chi connectivity index (χ1) is 16.6. The Bertz CT molecular complexity index is 1680. The van der Waals surface area contributed by atoms with Crippen LogP contribution in [-0.2, 0) is 0 Å². The van der Waals surface area contributed by atoms with E-state index in [1.165, 1.54) is 0 Å². The maximum Gasteiger partial charge on any atom is 0.234 e. The molecule has 4 heterocycles. The van der Waals surface area contributed by atoms with Gasteiger partial charge in [-0.05, 0) is 29.7 Å². The highest BCUT2D eigenvalue weighted by molar-refractivity contribution is 6.07. The van der Waals surface area contributed by atoms with Crippen LogP contribution in [0.2, 0.25) is 0 Å². The number of aromatic nitrogens is 5. The van der Waals surface area contributed by atoms with Crippen molar-refractivity contribution in [2.75, 3.05) is 0 Å². The normalized spacial score (nSPS) is 11.6. The molecule has 0 atom stereocenters. The molecule has 7 nitrogen and oxygen atoms in total. The number of hydrogen-bond donors (Lipinski definition) is 1. The second-order valence-corrected chi connectivity index (χ2v) is 8.42. The fraction of sp³-hybridized carbons (Fsp3) is 0.111. The Kier molecular flexibility index (Phi) is 4.62. The molecular weight excluding hydrogens is 426 g/mol. The summed E-state index contributed by atoms with van der Waals surface area (Å²) in [5, 5.41) is 12.3. The van der Waals surface area contributed by atoms with Gasteiger partial charge in [-0.1, -0.05) is 44.2 Å². The lowest BCUT2D eigenvalue weighted by molar-refractivity contribution is 0.457. The number of rotatable bonds is 4. The second-order valence-electron chi connectivity index (χ2n) is 8.42. The SMILES string of the molecule is CC(C)c1cc(Oc2cnc3c4ccccc4n(-c4ncccn4)c3c2)nc2c(O)cccc12. The summed E-state index contributed by atoms with van der Waals surface area (Å²) >= 11 is 0. The number of ether oxygens (including phenoxy) is 1. The lowest BCUT2D eigenvalue weighted by atomic mass is 9.98. The molecule has 0 amide bonds. The van der Waals surface area contributed by atoms with E-state index in [-0.39, 0.29) is 11.7 Å². The van der Waals surface area contributed by atoms with Gasteiger partial charge in [-0.15, -0.1) is 0 Å². The minimum Gasteiger partial charge on any atom is -0.506 e. The van der Waals surface area contributed by atoms with E-state index in [9.17, 15) is 5.11 Å². The van der Waals surface area contributed by atoms with Gasteiger partial charge in [0.25, 0.3) is 0 Å². The van der Waals surface area contributed by atoms with Crippen molar-refractivity contribution < 1.29 is 9.84 Å². The lowest BCUT2D eigenvalue weighted by Crippen LogP contribution is -2.00. The van der Waals surface area contributed by atoms with Crippen molar-refractivity contribution in [2.45, 2.75) is 19.8 Å². The van der Waals surface area contributed by atoms with Gasteiger partial charge in [0.15, 0.2) is 0 Å². The average molecular weight is 447 g/mol. The lowest BCUT2D eigenvalue weighted by Gasteiger charge is -2.13. The molecule has 2 aromatic carbocycles. The molecule has 0 aliphatic heterocycles. The number of phenols is 1. The number of benzene rings is 2. The molecule has 0 saturated heterocycles. The third kappa shape index (κ3) is 3.21. The number of pyridine rings is 2. The highest BCUT2D eigenvalue weighted by Crippen LogP contribution is 2.35. The van der Waals surface area contributed by atoms with Crippen molar-refractivity contribution in [2.24, 2.45) is 0 Å². The van der Waals surface area contributed by atoms with Gasteiger partial charge in [0.2, 0.25) is 11.8 Å². The fourth-order valence-corrected chi connectivity index (χ4v) is 4.37. The molecule has 0 aliphatic carbocycles. The van der Waals surface area contributed by atoms with Gasteiger partial charge in [-0.2, -0.15) is 0 Å². The number of phenolic OH excluding ortho intramolecular Hbond substituents is 1. The van der Waals surface area contributed by atoms with E-state index >= 15 is 0 Å². The third-order valence-corrected chi connectivity index (χ3v) is 5.91. The molecule has 34 heavy (non-hydrogen) atoms. The summed E-state index contributed by atoms with van der Waals surface area (Å²) in [6, 6.07) is 19.1. The Balaban J connectivity index is 1.53. The summed E-state index contributed by atoms with van der Waals surface area (Å²) in [4.78, 5) is 18.2. The molecule has 0 radical (unpaired) electrons. The van der Waals surface area contributed by atoms with Gasteiger partial charge in [0, 0.05) is 35.3 Å². The molecule has 0 spiro atoms. The molecular formula is C27H21N5O2. The van der Waals surface area contributed by atoms with Crippen LogP contribution in [0.5, 0.6) is 17.4 Å². The van der Waals surface area contributed by atoms with Gasteiger partial charge < -0.3 is 9.84 Å². The van der Waals surface area contributed by atoms with Crippen molar-refractivity contribution in [3.05, 3.63) is 84.8 Å². The van der Waals surface area contributed by atoms with Crippen LogP contribution in [0.15, 0.2) is 79.3 Å². The van der Waals surface area contributed by atoms with Crippen LogP contribution in [0.3, 0.4) is 0 Å². The van der Waals surface area contributed by atoms with E-state index < -0.39 is 0 Å². The van der Waals surface area contributed by atoms with E-state index in [1.54, 1.807) is 30.7 Å². The summed E-state index contributed by atoms with van der Waals surface area (Å²) < 4.78 is 8.16. The maximum atomic E-state index is 10.4. The summed E-state index contributed by atoms with van der Waals surface area (Å²) in [6.45, 7) is 4.21. The van der Waals surface area contributed by atoms with Crippen molar-refractivity contribution in [1.82, 2.24) is 24.5 Å². The quantitative estimate of drug-likeness (QED) is 0.349. The fourth-order valence-electron chi connectivity index (χ4n) is 4.37. The van der Waals surface area contributed by atoms with Crippen LogP contribution in [0, 0.1) is 0 Å². The zero-order valence-electron chi connectivity index (χ0n) is 18.7. The Labute approximate surface area is 195 Å². The maximum absolute atomic E-state index is 10.4. The first-order valence-electron chi connectivity index (χ1n) is 11.1. The van der Waals surface area contributed by atoms with Crippen LogP contribution < -0.4 is 4.74 Å². The van der Waals surface area contributed by atoms with Crippen molar-refractivity contribution in [3.63, 3.8) is 0 Å². The molecule has 0 bridgehead atoms. The van der Waals surface area contributed by atoms with Crippen molar-refractivity contribution in [3.8, 4) is 23.3 Å². The van der Waals surface area contributed by atoms with E-state index in [4.69, 9.17) is 9.72 Å². The van der Waals surface area contributed by atoms with Gasteiger partial charge in [0.1, 0.15) is 17.0 Å². The molecule has 6 aromatic rings. The zero-order chi connectivity index (χ0) is 23.2. The van der Waals surface area contributed by atoms with Crippen molar-refractivity contribution >= 4 is 32.8 Å². The highest BCUT2D eigenvalue weighted by atomic mass is 16.5. The monoisotopic (exact) mass is 447 g/mol. The Morgan fingerprint density at radius 3 is 2.44 bits per heavy atom. The number of fused-ring (bicyclic) bond motifs is 4. The first-order valence-corrected chi connectivity index (χ1v) is 11.1. The third-order valence-electron chi connectivity index (χ3n) is 5.91. The summed E-state index contributed by atoms with van der Waals surface area (Å²) in [5.41, 5.74) is 4.20. The zero-order valence-corrected chi connectivity index (χ0v) is 18.7. The first kappa shape index (κ1) is 20.1. The van der Waals surface area contributed by atoms with Gasteiger partial charge >= 0.3 is 0 Å². The smallest absolute Gasteiger partial charge is 0.234 e. The van der Waals surface area contributed by atoms with Crippen LogP contribution >= 0.6 is 0 Å².